The van der Waals surface area contributed by atoms with E-state index in [0.29, 0.717) is 23.7 Å². The molecule has 4 N–H and O–H groups in total. The number of carbonyl (C=O) groups excluding carboxylic acids is 1. The first kappa shape index (κ1) is 23.4. The summed E-state index contributed by atoms with van der Waals surface area (Å²) < 4.78 is 5.75. The fourth-order valence-corrected chi connectivity index (χ4v) is 3.23. The summed E-state index contributed by atoms with van der Waals surface area (Å²) in [7, 11) is 0. The molecule has 2 aromatic carbocycles. The van der Waals surface area contributed by atoms with Crippen LogP contribution in [0.4, 0.5) is 11.5 Å². The van der Waals surface area contributed by atoms with Gasteiger partial charge in [-0.3, -0.25) is 4.79 Å². The average molecular weight is 433 g/mol. The SMILES string of the molecule is Cc1ccc(COCCCCCNCc2ccc(C(=O)Nc3cccnc3N)cc2)cc1. The Bertz CT molecular complexity index is 972. The van der Waals surface area contributed by atoms with E-state index in [9.17, 15) is 4.79 Å². The quantitative estimate of drug-likeness (QED) is 0.361. The molecule has 1 heterocycles. The number of nitrogens with one attached hydrogen (secondary N) is 2. The molecule has 0 spiro atoms. The van der Waals surface area contributed by atoms with Crippen molar-refractivity contribution in [2.75, 3.05) is 24.2 Å². The van der Waals surface area contributed by atoms with Gasteiger partial charge >= 0.3 is 0 Å². The fourth-order valence-electron chi connectivity index (χ4n) is 3.23. The van der Waals surface area contributed by atoms with E-state index in [2.05, 4.69) is 46.8 Å². The summed E-state index contributed by atoms with van der Waals surface area (Å²) >= 11 is 0. The number of aromatic nitrogens is 1. The van der Waals surface area contributed by atoms with E-state index in [-0.39, 0.29) is 5.91 Å². The van der Waals surface area contributed by atoms with Crippen LogP contribution in [0.2, 0.25) is 0 Å². The van der Waals surface area contributed by atoms with Crippen LogP contribution in [0.1, 0.15) is 46.3 Å². The Morgan fingerprint density at radius 1 is 0.969 bits per heavy atom. The van der Waals surface area contributed by atoms with Crippen LogP contribution in [0, 0.1) is 6.92 Å². The fraction of sp³-hybridized carbons (Fsp3) is 0.308. The first-order valence-corrected chi connectivity index (χ1v) is 11.1. The number of carbonyl (C=O) groups is 1. The Hall–Kier alpha value is -3.22. The number of rotatable bonds is 12. The number of hydrogen-bond acceptors (Lipinski definition) is 5. The van der Waals surface area contributed by atoms with Gasteiger partial charge in [0.1, 0.15) is 5.82 Å². The Morgan fingerprint density at radius 3 is 2.47 bits per heavy atom. The lowest BCUT2D eigenvalue weighted by Crippen LogP contribution is -2.16. The largest absolute Gasteiger partial charge is 0.382 e. The molecule has 0 aliphatic carbocycles. The van der Waals surface area contributed by atoms with Crippen molar-refractivity contribution < 1.29 is 9.53 Å². The van der Waals surface area contributed by atoms with Crippen molar-refractivity contribution in [2.24, 2.45) is 0 Å². The summed E-state index contributed by atoms with van der Waals surface area (Å²) in [4.78, 5) is 16.3. The minimum Gasteiger partial charge on any atom is -0.382 e. The topological polar surface area (TPSA) is 89.3 Å². The second-order valence-electron chi connectivity index (χ2n) is 7.86. The van der Waals surface area contributed by atoms with Crippen molar-refractivity contribution in [3.63, 3.8) is 0 Å². The monoisotopic (exact) mass is 432 g/mol. The number of nitrogen functional groups attached to an aromatic ring is 1. The van der Waals surface area contributed by atoms with Crippen LogP contribution < -0.4 is 16.4 Å². The van der Waals surface area contributed by atoms with Crippen LogP contribution in [-0.2, 0) is 17.9 Å². The van der Waals surface area contributed by atoms with Crippen molar-refractivity contribution in [1.82, 2.24) is 10.3 Å². The van der Waals surface area contributed by atoms with E-state index in [1.165, 1.54) is 11.1 Å². The Balaban J connectivity index is 1.26. The number of aryl methyl sites for hydroxylation is 1. The maximum absolute atomic E-state index is 12.4. The number of benzene rings is 2. The van der Waals surface area contributed by atoms with Crippen molar-refractivity contribution in [3.8, 4) is 0 Å². The highest BCUT2D eigenvalue weighted by Crippen LogP contribution is 2.15. The summed E-state index contributed by atoms with van der Waals surface area (Å²) in [5, 5.41) is 6.24. The molecular weight excluding hydrogens is 400 g/mol. The lowest BCUT2D eigenvalue weighted by molar-refractivity contribution is 0.102. The molecule has 1 aromatic heterocycles. The highest BCUT2D eigenvalue weighted by molar-refractivity contribution is 6.05. The molecule has 3 rings (SSSR count). The van der Waals surface area contributed by atoms with Gasteiger partial charge in [0.05, 0.1) is 12.3 Å². The first-order chi connectivity index (χ1) is 15.6. The molecule has 3 aromatic rings. The summed E-state index contributed by atoms with van der Waals surface area (Å²) in [5.41, 5.74) is 10.5. The van der Waals surface area contributed by atoms with Gasteiger partial charge in [0.25, 0.3) is 5.91 Å². The van der Waals surface area contributed by atoms with Gasteiger partial charge in [-0.2, -0.15) is 0 Å². The number of unbranched alkanes of at least 4 members (excludes halogenated alkanes) is 2. The Labute approximate surface area is 190 Å². The molecular formula is C26H32N4O2. The molecule has 0 saturated heterocycles. The summed E-state index contributed by atoms with van der Waals surface area (Å²) in [6.07, 6.45) is 4.91. The van der Waals surface area contributed by atoms with E-state index >= 15 is 0 Å². The number of ether oxygens (including phenoxy) is 1. The van der Waals surface area contributed by atoms with Crippen LogP contribution in [0.15, 0.2) is 66.9 Å². The Kier molecular flexibility index (Phi) is 9.22. The van der Waals surface area contributed by atoms with E-state index in [4.69, 9.17) is 10.5 Å². The third-order valence-corrected chi connectivity index (χ3v) is 5.16. The van der Waals surface area contributed by atoms with Crippen molar-refractivity contribution >= 4 is 17.4 Å². The van der Waals surface area contributed by atoms with Crippen molar-refractivity contribution in [1.29, 1.82) is 0 Å². The summed E-state index contributed by atoms with van der Waals surface area (Å²) in [5.74, 6) is 0.105. The van der Waals surface area contributed by atoms with Gasteiger partial charge in [0, 0.05) is 24.9 Å². The minimum atomic E-state index is -0.200. The highest BCUT2D eigenvalue weighted by atomic mass is 16.5. The zero-order valence-corrected chi connectivity index (χ0v) is 18.6. The highest BCUT2D eigenvalue weighted by Gasteiger charge is 2.08. The predicted molar refractivity (Wildman–Crippen MR) is 129 cm³/mol. The molecule has 168 valence electrons. The Morgan fingerprint density at radius 2 is 1.72 bits per heavy atom. The molecule has 0 unspecified atom stereocenters. The molecule has 6 heteroatoms. The van der Waals surface area contributed by atoms with Gasteiger partial charge in [-0.15, -0.1) is 0 Å². The van der Waals surface area contributed by atoms with E-state index in [1.807, 2.05) is 24.3 Å². The smallest absolute Gasteiger partial charge is 0.255 e. The van der Waals surface area contributed by atoms with Gasteiger partial charge in [-0.25, -0.2) is 4.98 Å². The van der Waals surface area contributed by atoms with Gasteiger partial charge in [-0.1, -0.05) is 42.0 Å². The number of pyridine rings is 1. The number of hydrogen-bond donors (Lipinski definition) is 3. The van der Waals surface area contributed by atoms with Crippen LogP contribution in [0.3, 0.4) is 0 Å². The third-order valence-electron chi connectivity index (χ3n) is 5.16. The first-order valence-electron chi connectivity index (χ1n) is 11.1. The summed E-state index contributed by atoms with van der Waals surface area (Å²) in [6, 6.07) is 19.5. The van der Waals surface area contributed by atoms with Crippen LogP contribution in [0.5, 0.6) is 0 Å². The van der Waals surface area contributed by atoms with E-state index in [1.54, 1.807) is 18.3 Å². The van der Waals surface area contributed by atoms with Crippen LogP contribution in [0.25, 0.3) is 0 Å². The minimum absolute atomic E-state index is 0.200. The standard InChI is InChI=1S/C26H32N4O2/c1-20-7-9-22(10-8-20)19-32-17-4-2-3-15-28-18-21-11-13-23(14-12-21)26(31)30-24-6-5-16-29-25(24)27/h5-14,16,28H,2-4,15,17-19H2,1H3,(H2,27,29)(H,30,31). The molecule has 0 radical (unpaired) electrons. The molecule has 0 aliphatic rings. The molecule has 0 fully saturated rings. The number of amides is 1. The second-order valence-corrected chi connectivity index (χ2v) is 7.86. The van der Waals surface area contributed by atoms with Crippen LogP contribution in [-0.4, -0.2) is 24.0 Å². The maximum atomic E-state index is 12.4. The number of nitrogens with two attached hydrogens (primary N) is 1. The molecule has 1 amide bonds. The van der Waals surface area contributed by atoms with Gasteiger partial charge < -0.3 is 21.1 Å². The predicted octanol–water partition coefficient (Wildman–Crippen LogP) is 4.70. The van der Waals surface area contributed by atoms with Gasteiger partial charge in [0.15, 0.2) is 0 Å². The van der Waals surface area contributed by atoms with E-state index < -0.39 is 0 Å². The van der Waals surface area contributed by atoms with Gasteiger partial charge in [0.2, 0.25) is 0 Å². The lowest BCUT2D eigenvalue weighted by Gasteiger charge is -2.09. The number of anilines is 2. The van der Waals surface area contributed by atoms with Gasteiger partial charge in [-0.05, 0) is 68.1 Å². The molecule has 6 nitrogen and oxygen atoms in total. The maximum Gasteiger partial charge on any atom is 0.255 e. The van der Waals surface area contributed by atoms with Crippen molar-refractivity contribution in [3.05, 3.63) is 89.1 Å². The van der Waals surface area contributed by atoms with Crippen LogP contribution >= 0.6 is 0 Å². The zero-order valence-electron chi connectivity index (χ0n) is 18.6. The molecule has 0 atom stereocenters. The molecule has 0 saturated carbocycles. The summed E-state index contributed by atoms with van der Waals surface area (Å²) in [6.45, 7) is 5.31. The molecule has 0 aliphatic heterocycles. The van der Waals surface area contributed by atoms with E-state index in [0.717, 1.165) is 44.5 Å². The lowest BCUT2D eigenvalue weighted by atomic mass is 10.1. The molecule has 0 bridgehead atoms. The number of nitrogens with zero attached hydrogens (tertiary/aromatic N) is 1. The third kappa shape index (κ3) is 7.80. The second kappa shape index (κ2) is 12.6. The average Bonchev–Trinajstić information content (AvgIpc) is 2.81. The zero-order chi connectivity index (χ0) is 22.6. The normalized spacial score (nSPS) is 10.8. The van der Waals surface area contributed by atoms with Crippen molar-refractivity contribution in [2.45, 2.75) is 39.3 Å². The molecule has 32 heavy (non-hydrogen) atoms.